The van der Waals surface area contributed by atoms with Crippen molar-refractivity contribution in [1.29, 1.82) is 0 Å². The average Bonchev–Trinajstić information content (AvgIpc) is 2.82. The van der Waals surface area contributed by atoms with Gasteiger partial charge in [0.15, 0.2) is 0 Å². The SMILES string of the molecule is CC(NN)c1ccc(OC2CCCC2)cc1. The lowest BCUT2D eigenvalue weighted by atomic mass is 10.1. The van der Waals surface area contributed by atoms with Gasteiger partial charge >= 0.3 is 0 Å². The quantitative estimate of drug-likeness (QED) is 0.605. The van der Waals surface area contributed by atoms with E-state index in [9.17, 15) is 0 Å². The van der Waals surface area contributed by atoms with Gasteiger partial charge in [-0.05, 0) is 50.3 Å². The Labute approximate surface area is 97.0 Å². The molecule has 0 heterocycles. The lowest BCUT2D eigenvalue weighted by Gasteiger charge is -2.14. The average molecular weight is 220 g/mol. The van der Waals surface area contributed by atoms with Gasteiger partial charge in [0.25, 0.3) is 0 Å². The van der Waals surface area contributed by atoms with E-state index in [1.54, 1.807) is 0 Å². The number of benzene rings is 1. The summed E-state index contributed by atoms with van der Waals surface area (Å²) < 4.78 is 5.89. The van der Waals surface area contributed by atoms with Crippen molar-refractivity contribution in [3.63, 3.8) is 0 Å². The molecule has 0 radical (unpaired) electrons. The molecule has 1 aromatic carbocycles. The summed E-state index contributed by atoms with van der Waals surface area (Å²) in [7, 11) is 0. The van der Waals surface area contributed by atoms with Crippen LogP contribution in [0.25, 0.3) is 0 Å². The summed E-state index contributed by atoms with van der Waals surface area (Å²) in [5.74, 6) is 6.37. The summed E-state index contributed by atoms with van der Waals surface area (Å²) in [4.78, 5) is 0. The van der Waals surface area contributed by atoms with Gasteiger partial charge in [0, 0.05) is 6.04 Å². The molecule has 1 fully saturated rings. The number of rotatable bonds is 4. The second kappa shape index (κ2) is 5.32. The molecule has 2 rings (SSSR count). The highest BCUT2D eigenvalue weighted by Crippen LogP contribution is 2.25. The third-order valence-electron chi connectivity index (χ3n) is 3.24. The monoisotopic (exact) mass is 220 g/mol. The zero-order valence-electron chi connectivity index (χ0n) is 9.78. The van der Waals surface area contributed by atoms with E-state index in [0.717, 1.165) is 5.75 Å². The van der Waals surface area contributed by atoms with Crippen molar-refractivity contribution in [2.24, 2.45) is 5.84 Å². The topological polar surface area (TPSA) is 47.3 Å². The van der Waals surface area contributed by atoms with Crippen LogP contribution in [-0.4, -0.2) is 6.10 Å². The van der Waals surface area contributed by atoms with Crippen LogP contribution in [0, 0.1) is 0 Å². The van der Waals surface area contributed by atoms with Gasteiger partial charge < -0.3 is 4.74 Å². The van der Waals surface area contributed by atoms with Crippen LogP contribution in [0.2, 0.25) is 0 Å². The maximum absolute atomic E-state index is 5.89. The van der Waals surface area contributed by atoms with Gasteiger partial charge in [-0.2, -0.15) is 0 Å². The predicted octanol–water partition coefficient (Wildman–Crippen LogP) is 2.53. The zero-order valence-corrected chi connectivity index (χ0v) is 9.78. The minimum Gasteiger partial charge on any atom is -0.490 e. The number of ether oxygens (including phenoxy) is 1. The fourth-order valence-corrected chi connectivity index (χ4v) is 2.13. The van der Waals surface area contributed by atoms with Crippen molar-refractivity contribution >= 4 is 0 Å². The van der Waals surface area contributed by atoms with Crippen LogP contribution in [0.15, 0.2) is 24.3 Å². The number of hydrogen-bond acceptors (Lipinski definition) is 3. The fraction of sp³-hybridized carbons (Fsp3) is 0.538. The first-order valence-electron chi connectivity index (χ1n) is 6.02. The largest absolute Gasteiger partial charge is 0.490 e. The molecule has 1 atom stereocenters. The Morgan fingerprint density at radius 3 is 2.44 bits per heavy atom. The molecule has 88 valence electrons. The molecule has 0 aromatic heterocycles. The standard InChI is InChI=1S/C13H20N2O/c1-10(15-14)11-6-8-13(9-7-11)16-12-4-2-3-5-12/h6-10,12,15H,2-5,14H2,1H3. The Bertz CT molecular complexity index is 317. The van der Waals surface area contributed by atoms with Crippen LogP contribution >= 0.6 is 0 Å². The van der Waals surface area contributed by atoms with Crippen molar-refractivity contribution in [2.45, 2.75) is 44.8 Å². The first kappa shape index (κ1) is 11.4. The van der Waals surface area contributed by atoms with Crippen molar-refractivity contribution in [2.75, 3.05) is 0 Å². The van der Waals surface area contributed by atoms with Gasteiger partial charge in [0.1, 0.15) is 5.75 Å². The lowest BCUT2D eigenvalue weighted by molar-refractivity contribution is 0.210. The van der Waals surface area contributed by atoms with E-state index in [0.29, 0.717) is 6.10 Å². The first-order valence-corrected chi connectivity index (χ1v) is 6.02. The molecule has 1 aliphatic carbocycles. The maximum Gasteiger partial charge on any atom is 0.119 e. The van der Waals surface area contributed by atoms with E-state index >= 15 is 0 Å². The normalized spacial score (nSPS) is 18.6. The van der Waals surface area contributed by atoms with E-state index in [1.807, 2.05) is 19.1 Å². The molecule has 3 heteroatoms. The fourth-order valence-electron chi connectivity index (χ4n) is 2.13. The molecule has 0 saturated heterocycles. The van der Waals surface area contributed by atoms with Crippen molar-refractivity contribution in [1.82, 2.24) is 5.43 Å². The molecule has 3 nitrogen and oxygen atoms in total. The van der Waals surface area contributed by atoms with E-state index in [4.69, 9.17) is 10.6 Å². The van der Waals surface area contributed by atoms with Crippen LogP contribution in [0.4, 0.5) is 0 Å². The summed E-state index contributed by atoms with van der Waals surface area (Å²) in [5, 5.41) is 0. The number of hydrazine groups is 1. The molecule has 0 aliphatic heterocycles. The highest BCUT2D eigenvalue weighted by atomic mass is 16.5. The maximum atomic E-state index is 5.89. The number of nitrogens with two attached hydrogens (primary N) is 1. The van der Waals surface area contributed by atoms with E-state index in [1.165, 1.54) is 31.2 Å². The van der Waals surface area contributed by atoms with Crippen molar-refractivity contribution in [3.8, 4) is 5.75 Å². The van der Waals surface area contributed by atoms with Crippen LogP contribution in [0.1, 0.15) is 44.2 Å². The molecule has 0 bridgehead atoms. The molecule has 1 saturated carbocycles. The van der Waals surface area contributed by atoms with Crippen LogP contribution < -0.4 is 16.0 Å². The third kappa shape index (κ3) is 2.74. The summed E-state index contributed by atoms with van der Waals surface area (Å²) >= 11 is 0. The molecule has 1 unspecified atom stereocenters. The minimum atomic E-state index is 0.181. The smallest absolute Gasteiger partial charge is 0.119 e. The second-order valence-electron chi connectivity index (χ2n) is 4.48. The van der Waals surface area contributed by atoms with E-state index in [2.05, 4.69) is 17.6 Å². The summed E-state index contributed by atoms with van der Waals surface area (Å²) in [6.45, 7) is 2.03. The second-order valence-corrected chi connectivity index (χ2v) is 4.48. The first-order chi connectivity index (χ1) is 7.79. The zero-order chi connectivity index (χ0) is 11.4. The third-order valence-corrected chi connectivity index (χ3v) is 3.24. The molecular formula is C13H20N2O. The molecular weight excluding hydrogens is 200 g/mol. The molecule has 3 N–H and O–H groups in total. The molecule has 1 aliphatic rings. The van der Waals surface area contributed by atoms with Gasteiger partial charge in [-0.1, -0.05) is 12.1 Å². The Morgan fingerprint density at radius 2 is 1.88 bits per heavy atom. The Balaban J connectivity index is 1.96. The van der Waals surface area contributed by atoms with Gasteiger partial charge in [-0.15, -0.1) is 0 Å². The summed E-state index contributed by atoms with van der Waals surface area (Å²) in [5.41, 5.74) is 3.91. The lowest BCUT2D eigenvalue weighted by Crippen LogP contribution is -2.25. The Hall–Kier alpha value is -1.06. The van der Waals surface area contributed by atoms with E-state index in [-0.39, 0.29) is 6.04 Å². The molecule has 0 spiro atoms. The van der Waals surface area contributed by atoms with Crippen molar-refractivity contribution < 1.29 is 4.74 Å². The predicted molar refractivity (Wildman–Crippen MR) is 65.1 cm³/mol. The number of hydrogen-bond donors (Lipinski definition) is 2. The number of nitrogens with one attached hydrogen (secondary N) is 1. The van der Waals surface area contributed by atoms with Gasteiger partial charge in [0.2, 0.25) is 0 Å². The molecule has 0 amide bonds. The van der Waals surface area contributed by atoms with Crippen LogP contribution in [0.5, 0.6) is 5.75 Å². The summed E-state index contributed by atoms with van der Waals surface area (Å²) in [6, 6.07) is 8.37. The highest BCUT2D eigenvalue weighted by Gasteiger charge is 2.16. The Kier molecular flexibility index (Phi) is 3.80. The minimum absolute atomic E-state index is 0.181. The van der Waals surface area contributed by atoms with Crippen LogP contribution in [-0.2, 0) is 0 Å². The highest BCUT2D eigenvalue weighted by molar-refractivity contribution is 5.29. The molecule has 16 heavy (non-hydrogen) atoms. The van der Waals surface area contributed by atoms with Crippen LogP contribution in [0.3, 0.4) is 0 Å². The molecule has 1 aromatic rings. The van der Waals surface area contributed by atoms with E-state index < -0.39 is 0 Å². The van der Waals surface area contributed by atoms with Crippen molar-refractivity contribution in [3.05, 3.63) is 29.8 Å². The summed E-state index contributed by atoms with van der Waals surface area (Å²) in [6.07, 6.45) is 5.43. The Morgan fingerprint density at radius 1 is 1.25 bits per heavy atom. The van der Waals surface area contributed by atoms with Gasteiger partial charge in [0.05, 0.1) is 6.10 Å². The van der Waals surface area contributed by atoms with Gasteiger partial charge in [-0.25, -0.2) is 0 Å². The van der Waals surface area contributed by atoms with Gasteiger partial charge in [-0.3, -0.25) is 11.3 Å².